The third-order valence-corrected chi connectivity index (χ3v) is 5.09. The third-order valence-electron chi connectivity index (χ3n) is 4.79. The quantitative estimate of drug-likeness (QED) is 0.709. The van der Waals surface area contributed by atoms with Gasteiger partial charge in [-0.25, -0.2) is 0 Å². The average molecular weight is 343 g/mol. The zero-order valence-corrected chi connectivity index (χ0v) is 15.4. The Morgan fingerprint density at radius 1 is 1.00 bits per heavy atom. The van der Waals surface area contributed by atoms with Gasteiger partial charge in [-0.3, -0.25) is 0 Å². The lowest BCUT2D eigenvalue weighted by Crippen LogP contribution is -2.29. The molecule has 2 aromatic rings. The maximum absolute atomic E-state index is 6.52. The van der Waals surface area contributed by atoms with Crippen LogP contribution in [0.4, 0.5) is 11.4 Å². The van der Waals surface area contributed by atoms with Gasteiger partial charge >= 0.3 is 0 Å². The molecule has 0 saturated carbocycles. The fourth-order valence-corrected chi connectivity index (χ4v) is 3.53. The second-order valence-corrected chi connectivity index (χ2v) is 7.37. The predicted molar refractivity (Wildman–Crippen MR) is 105 cm³/mol. The Kier molecular flexibility index (Phi) is 5.68. The molecule has 1 saturated heterocycles. The zero-order valence-electron chi connectivity index (χ0n) is 14.7. The number of anilines is 2. The molecule has 0 atom stereocenters. The van der Waals surface area contributed by atoms with Crippen molar-refractivity contribution in [3.63, 3.8) is 0 Å². The van der Waals surface area contributed by atoms with Gasteiger partial charge in [-0.1, -0.05) is 49.7 Å². The number of rotatable bonds is 5. The van der Waals surface area contributed by atoms with E-state index in [0.29, 0.717) is 5.92 Å². The molecule has 0 unspecified atom stereocenters. The summed E-state index contributed by atoms with van der Waals surface area (Å²) in [4.78, 5) is 2.40. The van der Waals surface area contributed by atoms with Gasteiger partial charge in [0.05, 0.1) is 10.7 Å². The topological polar surface area (TPSA) is 15.3 Å². The van der Waals surface area contributed by atoms with Crippen molar-refractivity contribution in [3.05, 3.63) is 58.6 Å². The molecule has 0 aromatic heterocycles. The number of hydrogen-bond acceptors (Lipinski definition) is 2. The minimum atomic E-state index is 0.577. The van der Waals surface area contributed by atoms with Gasteiger partial charge in [-0.2, -0.15) is 0 Å². The molecule has 3 rings (SSSR count). The van der Waals surface area contributed by atoms with E-state index in [1.807, 2.05) is 6.07 Å². The summed E-state index contributed by atoms with van der Waals surface area (Å²) < 4.78 is 0. The normalized spacial score (nSPS) is 14.9. The van der Waals surface area contributed by atoms with Crippen LogP contribution in [-0.2, 0) is 6.54 Å². The summed E-state index contributed by atoms with van der Waals surface area (Å²) in [5.74, 6) is 0.577. The van der Waals surface area contributed by atoms with E-state index in [4.69, 9.17) is 11.6 Å². The molecule has 0 bridgehead atoms. The maximum atomic E-state index is 6.52. The van der Waals surface area contributed by atoms with Crippen molar-refractivity contribution in [2.24, 2.45) is 0 Å². The van der Waals surface area contributed by atoms with E-state index in [-0.39, 0.29) is 0 Å². The van der Waals surface area contributed by atoms with Crippen molar-refractivity contribution in [3.8, 4) is 0 Å². The Hall–Kier alpha value is -1.67. The lowest BCUT2D eigenvalue weighted by atomic mass is 10.0. The van der Waals surface area contributed by atoms with E-state index in [1.165, 1.54) is 36.1 Å². The molecule has 1 aliphatic rings. The molecule has 2 nitrogen and oxygen atoms in total. The van der Waals surface area contributed by atoms with Crippen LogP contribution in [0.1, 0.15) is 50.2 Å². The van der Waals surface area contributed by atoms with Gasteiger partial charge in [0.15, 0.2) is 0 Å². The highest BCUT2D eigenvalue weighted by atomic mass is 35.5. The minimum Gasteiger partial charge on any atom is -0.381 e. The van der Waals surface area contributed by atoms with Crippen molar-refractivity contribution in [2.75, 3.05) is 23.3 Å². The summed E-state index contributed by atoms with van der Waals surface area (Å²) in [6.45, 7) is 7.50. The average Bonchev–Trinajstić information content (AvgIpc) is 2.61. The van der Waals surface area contributed by atoms with E-state index in [2.05, 4.69) is 60.5 Å². The molecule has 128 valence electrons. The van der Waals surface area contributed by atoms with Crippen LogP contribution in [0.25, 0.3) is 0 Å². The first-order valence-corrected chi connectivity index (χ1v) is 9.38. The van der Waals surface area contributed by atoms with Crippen molar-refractivity contribution < 1.29 is 0 Å². The smallest absolute Gasteiger partial charge is 0.0660 e. The Labute approximate surface area is 150 Å². The first-order chi connectivity index (χ1) is 11.6. The largest absolute Gasteiger partial charge is 0.381 e. The number of piperidine rings is 1. The number of halogens is 1. The van der Waals surface area contributed by atoms with Crippen LogP contribution in [0.5, 0.6) is 0 Å². The first-order valence-electron chi connectivity index (χ1n) is 9.00. The Bertz CT molecular complexity index is 658. The molecule has 1 heterocycles. The van der Waals surface area contributed by atoms with Gasteiger partial charge in [0.2, 0.25) is 0 Å². The molecule has 24 heavy (non-hydrogen) atoms. The fraction of sp³-hybridized carbons (Fsp3) is 0.429. The highest BCUT2D eigenvalue weighted by Gasteiger charge is 2.14. The standard InChI is InChI=1S/C21H27ClN2/c1-16(2)18-8-6-17(7-9-18)15-23-19-10-11-21(20(22)14-19)24-12-4-3-5-13-24/h6-11,14,16,23H,3-5,12-13,15H2,1-2H3. The van der Waals surface area contributed by atoms with E-state index in [1.54, 1.807) is 0 Å². The molecule has 0 radical (unpaired) electrons. The van der Waals surface area contributed by atoms with Gasteiger partial charge in [0.25, 0.3) is 0 Å². The molecule has 0 aliphatic carbocycles. The molecule has 0 amide bonds. The molecular weight excluding hydrogens is 316 g/mol. The van der Waals surface area contributed by atoms with Crippen molar-refractivity contribution in [2.45, 2.75) is 45.6 Å². The van der Waals surface area contributed by atoms with E-state index in [0.717, 1.165) is 30.3 Å². The monoisotopic (exact) mass is 342 g/mol. The maximum Gasteiger partial charge on any atom is 0.0660 e. The summed E-state index contributed by atoms with van der Waals surface area (Å²) in [6, 6.07) is 15.2. The molecule has 1 N–H and O–H groups in total. The molecule has 1 aliphatic heterocycles. The highest BCUT2D eigenvalue weighted by molar-refractivity contribution is 6.33. The summed E-state index contributed by atoms with van der Waals surface area (Å²) in [5.41, 5.74) is 4.92. The second kappa shape index (κ2) is 7.94. The molecule has 1 fully saturated rings. The number of nitrogens with one attached hydrogen (secondary N) is 1. The van der Waals surface area contributed by atoms with Crippen LogP contribution in [0.3, 0.4) is 0 Å². The SMILES string of the molecule is CC(C)c1ccc(CNc2ccc(N3CCCCC3)c(Cl)c2)cc1. The summed E-state index contributed by atoms with van der Waals surface area (Å²) in [6.07, 6.45) is 3.87. The summed E-state index contributed by atoms with van der Waals surface area (Å²) in [5, 5.41) is 4.32. The van der Waals surface area contributed by atoms with Crippen molar-refractivity contribution in [1.29, 1.82) is 0 Å². The predicted octanol–water partition coefficient (Wildman–Crippen LogP) is 6.07. The third kappa shape index (κ3) is 4.24. The van der Waals surface area contributed by atoms with Crippen LogP contribution in [0, 0.1) is 0 Å². The Morgan fingerprint density at radius 3 is 2.33 bits per heavy atom. The van der Waals surface area contributed by atoms with Crippen LogP contribution >= 0.6 is 11.6 Å². The van der Waals surface area contributed by atoms with E-state index >= 15 is 0 Å². The fourth-order valence-electron chi connectivity index (χ4n) is 3.23. The second-order valence-electron chi connectivity index (χ2n) is 6.96. The van der Waals surface area contributed by atoms with Crippen molar-refractivity contribution >= 4 is 23.0 Å². The van der Waals surface area contributed by atoms with E-state index in [9.17, 15) is 0 Å². The zero-order chi connectivity index (χ0) is 16.9. The number of benzene rings is 2. The first kappa shape index (κ1) is 17.2. The lowest BCUT2D eigenvalue weighted by molar-refractivity contribution is 0.578. The van der Waals surface area contributed by atoms with Crippen LogP contribution in [0.15, 0.2) is 42.5 Å². The molecular formula is C21H27ClN2. The van der Waals surface area contributed by atoms with E-state index < -0.39 is 0 Å². The van der Waals surface area contributed by atoms with Gasteiger partial charge in [-0.15, -0.1) is 0 Å². The van der Waals surface area contributed by atoms with Crippen molar-refractivity contribution in [1.82, 2.24) is 0 Å². The van der Waals surface area contributed by atoms with Crippen LogP contribution < -0.4 is 10.2 Å². The number of nitrogens with zero attached hydrogens (tertiary/aromatic N) is 1. The minimum absolute atomic E-state index is 0.577. The number of hydrogen-bond donors (Lipinski definition) is 1. The highest BCUT2D eigenvalue weighted by Crippen LogP contribution is 2.31. The summed E-state index contributed by atoms with van der Waals surface area (Å²) >= 11 is 6.52. The van der Waals surface area contributed by atoms with Gasteiger partial charge in [-0.05, 0) is 54.5 Å². The van der Waals surface area contributed by atoms with Gasteiger partial charge < -0.3 is 10.2 Å². The molecule has 3 heteroatoms. The molecule has 2 aromatic carbocycles. The van der Waals surface area contributed by atoms with Gasteiger partial charge in [0, 0.05) is 25.3 Å². The lowest BCUT2D eigenvalue weighted by Gasteiger charge is -2.29. The Morgan fingerprint density at radius 2 is 1.71 bits per heavy atom. The van der Waals surface area contributed by atoms with Gasteiger partial charge in [0.1, 0.15) is 0 Å². The van der Waals surface area contributed by atoms with Crippen LogP contribution in [-0.4, -0.2) is 13.1 Å². The van der Waals surface area contributed by atoms with Crippen LogP contribution in [0.2, 0.25) is 5.02 Å². The Balaban J connectivity index is 1.62. The summed E-state index contributed by atoms with van der Waals surface area (Å²) in [7, 11) is 0. The molecule has 0 spiro atoms.